The lowest BCUT2D eigenvalue weighted by molar-refractivity contribution is -0.117. The highest BCUT2D eigenvalue weighted by Gasteiger charge is 2.31. The van der Waals surface area contributed by atoms with Gasteiger partial charge in [-0.1, -0.05) is 24.3 Å². The molecule has 0 fully saturated rings. The number of hydrogen-bond acceptors (Lipinski definition) is 5. The number of amides is 1. The Balaban J connectivity index is 1.36. The lowest BCUT2D eigenvalue weighted by atomic mass is 10.1. The molecule has 0 unspecified atom stereocenters. The molecule has 28 heavy (non-hydrogen) atoms. The van der Waals surface area contributed by atoms with Crippen LogP contribution in [0.3, 0.4) is 0 Å². The predicted octanol–water partition coefficient (Wildman–Crippen LogP) is 2.70. The van der Waals surface area contributed by atoms with E-state index in [1.54, 1.807) is 18.0 Å². The second-order valence-electron chi connectivity index (χ2n) is 7.11. The van der Waals surface area contributed by atoms with E-state index in [9.17, 15) is 4.79 Å². The van der Waals surface area contributed by atoms with Crippen molar-refractivity contribution in [3.8, 4) is 0 Å². The summed E-state index contributed by atoms with van der Waals surface area (Å²) in [6, 6.07) is 11.9. The number of carbonyl (C=O) groups excluding carboxylic acids is 1. The summed E-state index contributed by atoms with van der Waals surface area (Å²) in [4.78, 5) is 23.3. The number of carbonyl (C=O) groups is 1. The van der Waals surface area contributed by atoms with Gasteiger partial charge in [-0.15, -0.1) is 11.8 Å². The molecule has 1 aliphatic heterocycles. The molecule has 1 amide bonds. The van der Waals surface area contributed by atoms with Gasteiger partial charge >= 0.3 is 0 Å². The molecule has 1 aromatic carbocycles. The van der Waals surface area contributed by atoms with E-state index >= 15 is 0 Å². The van der Waals surface area contributed by atoms with E-state index < -0.39 is 0 Å². The Morgan fingerprint density at radius 2 is 2.18 bits per heavy atom. The van der Waals surface area contributed by atoms with Crippen LogP contribution in [-0.2, 0) is 11.2 Å². The Labute approximate surface area is 167 Å². The van der Waals surface area contributed by atoms with Crippen LogP contribution in [0.2, 0.25) is 0 Å². The van der Waals surface area contributed by atoms with Gasteiger partial charge in [0.1, 0.15) is 5.65 Å². The van der Waals surface area contributed by atoms with Crippen molar-refractivity contribution in [2.45, 2.75) is 18.5 Å². The number of rotatable bonds is 3. The van der Waals surface area contributed by atoms with Crippen LogP contribution < -0.4 is 16.0 Å². The molecule has 0 saturated carbocycles. The minimum absolute atomic E-state index is 0.0534. The van der Waals surface area contributed by atoms with Gasteiger partial charge in [0, 0.05) is 36.3 Å². The molecule has 2 atom stereocenters. The zero-order chi connectivity index (χ0) is 19.1. The van der Waals surface area contributed by atoms with E-state index in [-0.39, 0.29) is 18.0 Å². The molecule has 6 nitrogen and oxygen atoms in total. The maximum Gasteiger partial charge on any atom is 0.259 e. The summed E-state index contributed by atoms with van der Waals surface area (Å²) < 4.78 is 0. The van der Waals surface area contributed by atoms with Crippen molar-refractivity contribution >= 4 is 34.4 Å². The number of H-pyrrole nitrogens is 1. The molecule has 4 N–H and O–H groups in total. The van der Waals surface area contributed by atoms with Crippen molar-refractivity contribution < 1.29 is 4.79 Å². The van der Waals surface area contributed by atoms with Crippen LogP contribution >= 0.6 is 11.8 Å². The molecule has 2 aromatic heterocycles. The number of hydrogen-bond donors (Lipinski definition) is 3. The number of anilines is 1. The van der Waals surface area contributed by atoms with E-state index in [2.05, 4.69) is 26.3 Å². The second-order valence-corrected chi connectivity index (χ2v) is 8.25. The Bertz CT molecular complexity index is 1080. The van der Waals surface area contributed by atoms with Crippen LogP contribution in [0.1, 0.15) is 17.2 Å². The van der Waals surface area contributed by atoms with E-state index in [1.165, 1.54) is 5.56 Å². The quantitative estimate of drug-likeness (QED) is 0.639. The molecule has 0 radical (unpaired) electrons. The molecule has 2 aliphatic rings. The minimum atomic E-state index is -0.162. The van der Waals surface area contributed by atoms with Gasteiger partial charge in [-0.05, 0) is 29.7 Å². The van der Waals surface area contributed by atoms with Gasteiger partial charge in [0.25, 0.3) is 5.91 Å². The van der Waals surface area contributed by atoms with Crippen molar-refractivity contribution in [1.29, 1.82) is 0 Å². The third-order valence-corrected chi connectivity index (χ3v) is 6.43. The van der Waals surface area contributed by atoms with Gasteiger partial charge in [-0.25, -0.2) is 4.98 Å². The molecule has 5 rings (SSSR count). The van der Waals surface area contributed by atoms with Crippen molar-refractivity contribution in [1.82, 2.24) is 15.3 Å². The summed E-state index contributed by atoms with van der Waals surface area (Å²) in [7, 11) is 0. The fraction of sp³-hybridized carbons (Fsp3) is 0.238. The summed E-state index contributed by atoms with van der Waals surface area (Å²) >= 11 is 1.59. The van der Waals surface area contributed by atoms with Crippen molar-refractivity contribution in [3.63, 3.8) is 0 Å². The normalized spacial score (nSPS) is 21.5. The topological polar surface area (TPSA) is 87.0 Å². The smallest absolute Gasteiger partial charge is 0.259 e. The molecule has 1 aliphatic carbocycles. The average molecular weight is 392 g/mol. The van der Waals surface area contributed by atoms with E-state index in [0.717, 1.165) is 45.9 Å². The number of aromatic nitrogens is 2. The average Bonchev–Trinajstić information content (AvgIpc) is 3.33. The Hall–Kier alpha value is -2.77. The molecule has 0 spiro atoms. The van der Waals surface area contributed by atoms with Crippen LogP contribution in [0.15, 0.2) is 59.9 Å². The SMILES string of the molecule is N[C@@H]1c2ccccc2C[C@@H]1NC(=O)C1=CN(c2ccnc3[nH]ccc23)CCS1. The monoisotopic (exact) mass is 391 g/mol. The lowest BCUT2D eigenvalue weighted by Gasteiger charge is -2.27. The maximum atomic E-state index is 12.9. The third-order valence-electron chi connectivity index (χ3n) is 5.44. The van der Waals surface area contributed by atoms with Gasteiger partial charge in [-0.2, -0.15) is 0 Å². The Kier molecular flexibility index (Phi) is 4.33. The first-order valence-corrected chi connectivity index (χ1v) is 10.4. The number of pyridine rings is 1. The largest absolute Gasteiger partial charge is 0.347 e. The van der Waals surface area contributed by atoms with Crippen LogP contribution in [0, 0.1) is 0 Å². The summed E-state index contributed by atoms with van der Waals surface area (Å²) in [5.41, 5.74) is 10.6. The van der Waals surface area contributed by atoms with Crippen LogP contribution in [0.5, 0.6) is 0 Å². The highest BCUT2D eigenvalue weighted by Crippen LogP contribution is 2.32. The summed E-state index contributed by atoms with van der Waals surface area (Å²) in [5.74, 6) is 0.798. The molecule has 7 heteroatoms. The number of aromatic amines is 1. The van der Waals surface area contributed by atoms with E-state index in [4.69, 9.17) is 5.73 Å². The second kappa shape index (κ2) is 7.00. The molecular formula is C21H21N5OS. The zero-order valence-corrected chi connectivity index (χ0v) is 16.1. The van der Waals surface area contributed by atoms with Crippen LogP contribution in [-0.4, -0.2) is 34.2 Å². The van der Waals surface area contributed by atoms with Crippen LogP contribution in [0.4, 0.5) is 5.69 Å². The highest BCUT2D eigenvalue weighted by atomic mass is 32.2. The van der Waals surface area contributed by atoms with Gasteiger partial charge in [0.2, 0.25) is 0 Å². The van der Waals surface area contributed by atoms with Gasteiger partial charge in [0.05, 0.1) is 22.7 Å². The highest BCUT2D eigenvalue weighted by molar-refractivity contribution is 8.04. The molecule has 3 heterocycles. The van der Waals surface area contributed by atoms with Crippen LogP contribution in [0.25, 0.3) is 11.0 Å². The fourth-order valence-corrected chi connectivity index (χ4v) is 4.91. The van der Waals surface area contributed by atoms with Crippen molar-refractivity contribution in [3.05, 3.63) is 71.0 Å². The predicted molar refractivity (Wildman–Crippen MR) is 113 cm³/mol. The first-order chi connectivity index (χ1) is 13.7. The third kappa shape index (κ3) is 2.96. The number of fused-ring (bicyclic) bond motifs is 2. The van der Waals surface area contributed by atoms with E-state index in [0.29, 0.717) is 0 Å². The minimum Gasteiger partial charge on any atom is -0.347 e. The van der Waals surface area contributed by atoms with Crippen molar-refractivity contribution in [2.24, 2.45) is 5.73 Å². The summed E-state index contributed by atoms with van der Waals surface area (Å²) in [6.07, 6.45) is 6.40. The van der Waals surface area contributed by atoms with Gasteiger partial charge in [0.15, 0.2) is 0 Å². The lowest BCUT2D eigenvalue weighted by Crippen LogP contribution is -2.42. The first kappa shape index (κ1) is 17.3. The fourth-order valence-electron chi connectivity index (χ4n) is 4.01. The standard InChI is InChI=1S/C21H21N5OS/c22-19-14-4-2-1-3-13(14)11-16(19)25-21(27)18-12-26(9-10-28-18)17-6-8-24-20-15(17)5-7-23-20/h1-8,12,16,19H,9-11,22H2,(H,23,24)(H,25,27)/t16-,19+/m0/s1. The number of nitrogens with one attached hydrogen (secondary N) is 2. The Morgan fingerprint density at radius 1 is 1.29 bits per heavy atom. The molecule has 0 bridgehead atoms. The van der Waals surface area contributed by atoms with Gasteiger partial charge < -0.3 is 20.9 Å². The molecule has 142 valence electrons. The summed E-state index contributed by atoms with van der Waals surface area (Å²) in [6.45, 7) is 0.847. The first-order valence-electron chi connectivity index (χ1n) is 9.38. The Morgan fingerprint density at radius 3 is 3.07 bits per heavy atom. The maximum absolute atomic E-state index is 12.9. The van der Waals surface area contributed by atoms with Gasteiger partial charge in [-0.3, -0.25) is 4.79 Å². The molecule has 3 aromatic rings. The zero-order valence-electron chi connectivity index (χ0n) is 15.3. The number of thioether (sulfide) groups is 1. The number of nitrogens with zero attached hydrogens (tertiary/aromatic N) is 2. The summed E-state index contributed by atoms with van der Waals surface area (Å²) in [5, 5.41) is 4.21. The molecular weight excluding hydrogens is 370 g/mol. The number of benzene rings is 1. The van der Waals surface area contributed by atoms with E-state index in [1.807, 2.05) is 42.7 Å². The molecule has 0 saturated heterocycles. The van der Waals surface area contributed by atoms with Crippen molar-refractivity contribution in [2.75, 3.05) is 17.2 Å². The number of nitrogens with two attached hydrogens (primary N) is 1.